The van der Waals surface area contributed by atoms with Crippen LogP contribution >= 0.6 is 11.3 Å². The average molecular weight is 484 g/mol. The molecule has 2 N–H and O–H groups in total. The van der Waals surface area contributed by atoms with Gasteiger partial charge >= 0.3 is 5.97 Å². The molecule has 0 bridgehead atoms. The molecule has 0 fully saturated rings. The van der Waals surface area contributed by atoms with E-state index in [9.17, 15) is 26.4 Å². The van der Waals surface area contributed by atoms with Crippen molar-refractivity contribution in [1.82, 2.24) is 4.57 Å². The van der Waals surface area contributed by atoms with Crippen molar-refractivity contribution in [2.24, 2.45) is 10.1 Å². The predicted octanol–water partition coefficient (Wildman–Crippen LogP) is 0.668. The fraction of sp³-hybridized carbons (Fsp3) is 0.167. The number of amides is 1. The van der Waals surface area contributed by atoms with E-state index in [2.05, 4.69) is 9.73 Å². The zero-order chi connectivity index (χ0) is 23.0. The van der Waals surface area contributed by atoms with Crippen LogP contribution in [-0.2, 0) is 35.9 Å². The number of carbonyl (C=O) groups excluding carboxylic acids is 2. The lowest BCUT2D eigenvalue weighted by atomic mass is 10.2. The molecule has 0 aliphatic rings. The number of benzene rings is 2. The van der Waals surface area contributed by atoms with Gasteiger partial charge in [0.25, 0.3) is 5.91 Å². The van der Waals surface area contributed by atoms with Crippen molar-refractivity contribution in [3.05, 3.63) is 52.8 Å². The summed E-state index contributed by atoms with van der Waals surface area (Å²) in [5, 5.41) is 5.17. The minimum atomic E-state index is -3.96. The highest BCUT2D eigenvalue weighted by Crippen LogP contribution is 2.22. The number of aromatic nitrogens is 1. The van der Waals surface area contributed by atoms with Crippen molar-refractivity contribution in [1.29, 1.82) is 0 Å². The van der Waals surface area contributed by atoms with E-state index >= 15 is 0 Å². The van der Waals surface area contributed by atoms with E-state index in [1.807, 2.05) is 0 Å². The smallest absolute Gasteiger partial charge is 0.325 e. The molecule has 0 atom stereocenters. The first-order chi connectivity index (χ1) is 14.4. The summed E-state index contributed by atoms with van der Waals surface area (Å²) in [5.74, 6) is -1.34. The molecule has 31 heavy (non-hydrogen) atoms. The lowest BCUT2D eigenvalue weighted by Crippen LogP contribution is -2.22. The largest absolute Gasteiger partial charge is 0.468 e. The number of fused-ring (bicyclic) bond motifs is 1. The standard InChI is InChI=1S/C18H17N3O7S3/c1-28-16(22)10-21-14-7-6-13(31(19,26)27)9-15(14)29-18(21)20-17(23)11-4-3-5-12(8-11)30(2,24)25/h3-9H,10H2,1-2H3,(H2,19,26,27). The molecule has 0 aliphatic heterocycles. The van der Waals surface area contributed by atoms with Crippen molar-refractivity contribution in [2.45, 2.75) is 16.3 Å². The van der Waals surface area contributed by atoms with E-state index in [1.165, 1.54) is 54.1 Å². The van der Waals surface area contributed by atoms with E-state index in [0.29, 0.717) is 10.2 Å². The third-order valence-corrected chi connectivity index (χ3v) is 7.27. The fourth-order valence-electron chi connectivity index (χ4n) is 2.67. The number of hydrogen-bond donors (Lipinski definition) is 1. The summed E-state index contributed by atoms with van der Waals surface area (Å²) in [4.78, 5) is 28.5. The fourth-order valence-corrected chi connectivity index (χ4v) is 5.02. The molecule has 0 saturated heterocycles. The Morgan fingerprint density at radius 2 is 1.81 bits per heavy atom. The molecule has 0 saturated carbocycles. The second-order valence-corrected chi connectivity index (χ2v) is 11.0. The van der Waals surface area contributed by atoms with Crippen LogP contribution in [0.15, 0.2) is 57.2 Å². The molecule has 2 aromatic carbocycles. The second-order valence-electron chi connectivity index (χ2n) is 6.44. The summed E-state index contributed by atoms with van der Waals surface area (Å²) in [5.41, 5.74) is 0.481. The van der Waals surface area contributed by atoms with Gasteiger partial charge in [-0.25, -0.2) is 22.0 Å². The molecule has 3 aromatic rings. The number of primary sulfonamides is 1. The van der Waals surface area contributed by atoms with Crippen molar-refractivity contribution >= 4 is 53.3 Å². The number of thiazole rings is 1. The molecule has 1 aromatic heterocycles. The lowest BCUT2D eigenvalue weighted by molar-refractivity contribution is -0.141. The summed E-state index contributed by atoms with van der Waals surface area (Å²) in [7, 11) is -6.28. The third kappa shape index (κ3) is 5.07. The van der Waals surface area contributed by atoms with E-state index in [4.69, 9.17) is 5.14 Å². The number of sulfonamides is 1. The summed E-state index contributed by atoms with van der Waals surface area (Å²) < 4.78 is 53.3. The number of nitrogens with two attached hydrogens (primary N) is 1. The van der Waals surface area contributed by atoms with Gasteiger partial charge in [0.1, 0.15) is 6.54 Å². The monoisotopic (exact) mass is 483 g/mol. The van der Waals surface area contributed by atoms with Gasteiger partial charge in [0.2, 0.25) is 10.0 Å². The van der Waals surface area contributed by atoms with Gasteiger partial charge in [0.05, 0.1) is 27.1 Å². The summed E-state index contributed by atoms with van der Waals surface area (Å²) in [6.45, 7) is -0.277. The Balaban J connectivity index is 2.19. The maximum Gasteiger partial charge on any atom is 0.325 e. The van der Waals surface area contributed by atoms with Gasteiger partial charge in [0, 0.05) is 11.8 Å². The van der Waals surface area contributed by atoms with Crippen LogP contribution in [0.4, 0.5) is 0 Å². The van der Waals surface area contributed by atoms with Crippen LogP contribution in [0.1, 0.15) is 10.4 Å². The zero-order valence-electron chi connectivity index (χ0n) is 16.3. The molecule has 13 heteroatoms. The van der Waals surface area contributed by atoms with Crippen molar-refractivity contribution in [3.63, 3.8) is 0 Å². The Hall–Kier alpha value is -2.87. The van der Waals surface area contributed by atoms with Gasteiger partial charge in [-0.15, -0.1) is 0 Å². The Labute approximate surface area is 181 Å². The van der Waals surface area contributed by atoms with Gasteiger partial charge in [-0.1, -0.05) is 17.4 Å². The minimum absolute atomic E-state index is 0.0369. The summed E-state index contributed by atoms with van der Waals surface area (Å²) in [6, 6.07) is 9.44. The number of methoxy groups -OCH3 is 1. The van der Waals surface area contributed by atoms with Gasteiger partial charge < -0.3 is 9.30 Å². The average Bonchev–Trinajstić information content (AvgIpc) is 3.02. The minimum Gasteiger partial charge on any atom is -0.468 e. The van der Waals surface area contributed by atoms with Crippen molar-refractivity contribution < 1.29 is 31.2 Å². The van der Waals surface area contributed by atoms with E-state index in [0.717, 1.165) is 17.6 Å². The molecule has 0 aliphatic carbocycles. The van der Waals surface area contributed by atoms with Crippen LogP contribution in [-0.4, -0.2) is 46.6 Å². The molecule has 1 amide bonds. The normalized spacial score (nSPS) is 12.8. The van der Waals surface area contributed by atoms with Crippen LogP contribution < -0.4 is 9.94 Å². The Morgan fingerprint density at radius 1 is 1.10 bits per heavy atom. The van der Waals surface area contributed by atoms with Gasteiger partial charge in [0.15, 0.2) is 14.6 Å². The van der Waals surface area contributed by atoms with Crippen LogP contribution in [0.2, 0.25) is 0 Å². The van der Waals surface area contributed by atoms with Crippen molar-refractivity contribution in [3.8, 4) is 0 Å². The van der Waals surface area contributed by atoms with Crippen LogP contribution in [0, 0.1) is 0 Å². The van der Waals surface area contributed by atoms with Crippen LogP contribution in [0.25, 0.3) is 10.2 Å². The topological polar surface area (TPSA) is 155 Å². The number of nitrogens with zero attached hydrogens (tertiary/aromatic N) is 2. The van der Waals surface area contributed by atoms with E-state index in [1.54, 1.807) is 0 Å². The molecular formula is C18H17N3O7S3. The molecular weight excluding hydrogens is 466 g/mol. The number of rotatable bonds is 5. The molecule has 3 rings (SSSR count). The molecule has 164 valence electrons. The van der Waals surface area contributed by atoms with Crippen LogP contribution in [0.5, 0.6) is 0 Å². The molecule has 0 radical (unpaired) electrons. The van der Waals surface area contributed by atoms with Gasteiger partial charge in [-0.2, -0.15) is 4.99 Å². The number of hydrogen-bond acceptors (Lipinski definition) is 8. The Kier molecular flexibility index (Phi) is 6.14. The quantitative estimate of drug-likeness (QED) is 0.523. The Morgan fingerprint density at radius 3 is 2.42 bits per heavy atom. The molecule has 1 heterocycles. The summed E-state index contributed by atoms with van der Waals surface area (Å²) >= 11 is 0.969. The molecule has 0 unspecified atom stereocenters. The summed E-state index contributed by atoms with van der Waals surface area (Å²) in [6.07, 6.45) is 1.02. The van der Waals surface area contributed by atoms with Crippen molar-refractivity contribution in [2.75, 3.05) is 13.4 Å². The van der Waals surface area contributed by atoms with E-state index in [-0.39, 0.29) is 26.7 Å². The van der Waals surface area contributed by atoms with Gasteiger partial charge in [-0.05, 0) is 36.4 Å². The first kappa shape index (κ1) is 22.8. The first-order valence-corrected chi connectivity index (χ1v) is 12.8. The van der Waals surface area contributed by atoms with E-state index < -0.39 is 31.7 Å². The highest BCUT2D eigenvalue weighted by Gasteiger charge is 2.16. The first-order valence-electron chi connectivity index (χ1n) is 8.52. The number of carbonyl (C=O) groups is 2. The SMILES string of the molecule is COC(=O)Cn1c(=NC(=O)c2cccc(S(C)(=O)=O)c2)sc2cc(S(N)(=O)=O)ccc21. The maximum absolute atomic E-state index is 12.7. The predicted molar refractivity (Wildman–Crippen MR) is 113 cm³/mol. The number of ether oxygens (including phenoxy) is 1. The lowest BCUT2D eigenvalue weighted by Gasteiger charge is -2.04. The molecule has 0 spiro atoms. The molecule has 10 nitrogen and oxygen atoms in total. The third-order valence-electron chi connectivity index (χ3n) is 4.20. The maximum atomic E-state index is 12.7. The highest BCUT2D eigenvalue weighted by molar-refractivity contribution is 7.90. The highest BCUT2D eigenvalue weighted by atomic mass is 32.2. The Bertz CT molecular complexity index is 1480. The number of sulfone groups is 1. The number of esters is 1. The van der Waals surface area contributed by atoms with Gasteiger partial charge in [-0.3, -0.25) is 9.59 Å². The van der Waals surface area contributed by atoms with Crippen LogP contribution in [0.3, 0.4) is 0 Å². The second kappa shape index (κ2) is 8.34. The zero-order valence-corrected chi connectivity index (χ0v) is 18.8.